The highest BCUT2D eigenvalue weighted by atomic mass is 14.1. The standard InChI is InChI=1S/C11H22/c1-6-10(2)8-7-9-11(3,4)5/h6,10H,1,7-9H2,2-5H3. The van der Waals surface area contributed by atoms with Crippen LogP contribution in [0.15, 0.2) is 12.7 Å². The lowest BCUT2D eigenvalue weighted by molar-refractivity contribution is 0.352. The summed E-state index contributed by atoms with van der Waals surface area (Å²) in [5.74, 6) is 0.692. The van der Waals surface area contributed by atoms with E-state index in [1.165, 1.54) is 19.3 Å². The van der Waals surface area contributed by atoms with Crippen molar-refractivity contribution in [1.29, 1.82) is 0 Å². The highest BCUT2D eigenvalue weighted by Crippen LogP contribution is 2.23. The van der Waals surface area contributed by atoms with Crippen molar-refractivity contribution >= 4 is 0 Å². The van der Waals surface area contributed by atoms with E-state index in [2.05, 4.69) is 34.3 Å². The Bertz CT molecular complexity index is 106. The molecule has 0 aromatic heterocycles. The summed E-state index contributed by atoms with van der Waals surface area (Å²) in [7, 11) is 0. The molecule has 1 atom stereocenters. The van der Waals surface area contributed by atoms with Gasteiger partial charge in [-0.15, -0.1) is 6.58 Å². The SMILES string of the molecule is C=CC(C)CCCC(C)(C)C. The van der Waals surface area contributed by atoms with E-state index in [0.717, 1.165) is 0 Å². The molecule has 0 heterocycles. The highest BCUT2D eigenvalue weighted by Gasteiger charge is 2.09. The predicted octanol–water partition coefficient (Wildman–Crippen LogP) is 4.02. The fourth-order valence-electron chi connectivity index (χ4n) is 1.07. The van der Waals surface area contributed by atoms with Crippen LogP contribution in [-0.4, -0.2) is 0 Å². The maximum absolute atomic E-state index is 3.78. The number of allylic oxidation sites excluding steroid dienone is 1. The minimum absolute atomic E-state index is 0.501. The van der Waals surface area contributed by atoms with Crippen molar-refractivity contribution in [1.82, 2.24) is 0 Å². The topological polar surface area (TPSA) is 0 Å². The number of rotatable bonds is 4. The van der Waals surface area contributed by atoms with E-state index in [1.54, 1.807) is 0 Å². The van der Waals surface area contributed by atoms with E-state index in [9.17, 15) is 0 Å². The smallest absolute Gasteiger partial charge is 0.0265 e. The van der Waals surface area contributed by atoms with Crippen LogP contribution in [0.5, 0.6) is 0 Å². The van der Waals surface area contributed by atoms with Crippen LogP contribution in [0, 0.1) is 11.3 Å². The summed E-state index contributed by atoms with van der Waals surface area (Å²) >= 11 is 0. The van der Waals surface area contributed by atoms with Gasteiger partial charge in [-0.2, -0.15) is 0 Å². The summed E-state index contributed by atoms with van der Waals surface area (Å²) in [5, 5.41) is 0. The summed E-state index contributed by atoms with van der Waals surface area (Å²) < 4.78 is 0. The Hall–Kier alpha value is -0.260. The molecular weight excluding hydrogens is 132 g/mol. The molecule has 0 nitrogen and oxygen atoms in total. The molecule has 1 unspecified atom stereocenters. The molecule has 0 radical (unpaired) electrons. The minimum Gasteiger partial charge on any atom is -0.103 e. The normalized spacial score (nSPS) is 14.5. The van der Waals surface area contributed by atoms with Crippen LogP contribution in [-0.2, 0) is 0 Å². The Morgan fingerprint density at radius 3 is 2.27 bits per heavy atom. The summed E-state index contributed by atoms with van der Waals surface area (Å²) in [6.07, 6.45) is 5.99. The van der Waals surface area contributed by atoms with E-state index in [1.807, 2.05) is 6.08 Å². The van der Waals surface area contributed by atoms with Gasteiger partial charge in [0.1, 0.15) is 0 Å². The van der Waals surface area contributed by atoms with Gasteiger partial charge in [0.2, 0.25) is 0 Å². The van der Waals surface area contributed by atoms with Crippen molar-refractivity contribution in [2.45, 2.75) is 47.0 Å². The third kappa shape index (κ3) is 7.64. The summed E-state index contributed by atoms with van der Waals surface area (Å²) in [6.45, 7) is 12.9. The average molecular weight is 154 g/mol. The third-order valence-corrected chi connectivity index (χ3v) is 1.99. The fourth-order valence-corrected chi connectivity index (χ4v) is 1.07. The predicted molar refractivity (Wildman–Crippen MR) is 52.7 cm³/mol. The van der Waals surface area contributed by atoms with Crippen molar-refractivity contribution in [2.24, 2.45) is 11.3 Å². The van der Waals surface area contributed by atoms with Gasteiger partial charge < -0.3 is 0 Å². The molecule has 0 aliphatic rings. The summed E-state index contributed by atoms with van der Waals surface area (Å²) in [5.41, 5.74) is 0.501. The number of hydrogen-bond donors (Lipinski definition) is 0. The molecule has 0 saturated carbocycles. The first-order valence-corrected chi connectivity index (χ1v) is 4.58. The van der Waals surface area contributed by atoms with E-state index in [4.69, 9.17) is 0 Å². The van der Waals surface area contributed by atoms with Gasteiger partial charge in [0.15, 0.2) is 0 Å². The Morgan fingerprint density at radius 2 is 1.91 bits per heavy atom. The van der Waals surface area contributed by atoms with E-state index in [-0.39, 0.29) is 0 Å². The quantitative estimate of drug-likeness (QED) is 0.536. The lowest BCUT2D eigenvalue weighted by atomic mass is 9.88. The average Bonchev–Trinajstić information content (AvgIpc) is 1.85. The van der Waals surface area contributed by atoms with Gasteiger partial charge in [-0.1, -0.05) is 40.2 Å². The van der Waals surface area contributed by atoms with Crippen LogP contribution in [0.25, 0.3) is 0 Å². The lowest BCUT2D eigenvalue weighted by Crippen LogP contribution is -2.05. The summed E-state index contributed by atoms with van der Waals surface area (Å²) in [6, 6.07) is 0. The zero-order valence-electron chi connectivity index (χ0n) is 8.48. The molecule has 0 aromatic carbocycles. The maximum Gasteiger partial charge on any atom is -0.0265 e. The monoisotopic (exact) mass is 154 g/mol. The molecule has 0 N–H and O–H groups in total. The second-order valence-corrected chi connectivity index (χ2v) is 4.67. The molecule has 0 rings (SSSR count). The maximum atomic E-state index is 3.78. The molecule has 0 saturated heterocycles. The molecular formula is C11H22. The minimum atomic E-state index is 0.501. The van der Waals surface area contributed by atoms with Gasteiger partial charge in [-0.25, -0.2) is 0 Å². The van der Waals surface area contributed by atoms with Crippen LogP contribution in [0.2, 0.25) is 0 Å². The molecule has 0 heteroatoms. The van der Waals surface area contributed by atoms with Crippen molar-refractivity contribution in [3.63, 3.8) is 0 Å². The van der Waals surface area contributed by atoms with E-state index < -0.39 is 0 Å². The largest absolute Gasteiger partial charge is 0.103 e. The second kappa shape index (κ2) is 4.58. The summed E-state index contributed by atoms with van der Waals surface area (Å²) in [4.78, 5) is 0. The van der Waals surface area contributed by atoms with Gasteiger partial charge in [-0.05, 0) is 24.2 Å². The zero-order valence-corrected chi connectivity index (χ0v) is 8.48. The van der Waals surface area contributed by atoms with E-state index >= 15 is 0 Å². The first kappa shape index (κ1) is 10.7. The first-order valence-electron chi connectivity index (χ1n) is 4.58. The lowest BCUT2D eigenvalue weighted by Gasteiger charge is -2.18. The fraction of sp³-hybridized carbons (Fsp3) is 0.818. The molecule has 0 fully saturated rings. The Labute approximate surface area is 71.7 Å². The molecule has 11 heavy (non-hydrogen) atoms. The number of hydrogen-bond acceptors (Lipinski definition) is 0. The molecule has 0 aliphatic carbocycles. The van der Waals surface area contributed by atoms with Gasteiger partial charge in [-0.3, -0.25) is 0 Å². The van der Waals surface area contributed by atoms with Crippen molar-refractivity contribution in [3.8, 4) is 0 Å². The molecule has 0 aromatic rings. The van der Waals surface area contributed by atoms with Gasteiger partial charge >= 0.3 is 0 Å². The van der Waals surface area contributed by atoms with Crippen LogP contribution in [0.1, 0.15) is 47.0 Å². The Kier molecular flexibility index (Phi) is 4.48. The van der Waals surface area contributed by atoms with Crippen LogP contribution in [0.3, 0.4) is 0 Å². The highest BCUT2D eigenvalue weighted by molar-refractivity contribution is 4.75. The zero-order chi connectivity index (χ0) is 8.91. The van der Waals surface area contributed by atoms with Gasteiger partial charge in [0.05, 0.1) is 0 Å². The third-order valence-electron chi connectivity index (χ3n) is 1.99. The van der Waals surface area contributed by atoms with Crippen molar-refractivity contribution < 1.29 is 0 Å². The Balaban J connectivity index is 3.35. The Morgan fingerprint density at radius 1 is 1.36 bits per heavy atom. The molecule has 0 bridgehead atoms. The van der Waals surface area contributed by atoms with Crippen LogP contribution < -0.4 is 0 Å². The second-order valence-electron chi connectivity index (χ2n) is 4.67. The molecule has 66 valence electrons. The van der Waals surface area contributed by atoms with Gasteiger partial charge in [0, 0.05) is 0 Å². The van der Waals surface area contributed by atoms with Crippen molar-refractivity contribution in [2.75, 3.05) is 0 Å². The van der Waals surface area contributed by atoms with Crippen LogP contribution in [0.4, 0.5) is 0 Å². The van der Waals surface area contributed by atoms with E-state index in [0.29, 0.717) is 11.3 Å². The van der Waals surface area contributed by atoms with Crippen molar-refractivity contribution in [3.05, 3.63) is 12.7 Å². The molecule has 0 aliphatic heterocycles. The molecule has 0 amide bonds. The van der Waals surface area contributed by atoms with Crippen LogP contribution >= 0.6 is 0 Å². The molecule has 0 spiro atoms. The van der Waals surface area contributed by atoms with Gasteiger partial charge in [0.25, 0.3) is 0 Å². The first-order chi connectivity index (χ1) is 4.95.